The van der Waals surface area contributed by atoms with Gasteiger partial charge < -0.3 is 14.3 Å². The van der Waals surface area contributed by atoms with E-state index in [9.17, 15) is 0 Å². The molecular weight excluding hydrogens is 352 g/mol. The van der Waals surface area contributed by atoms with E-state index in [4.69, 9.17) is 4.42 Å². The van der Waals surface area contributed by atoms with Gasteiger partial charge in [0.25, 0.3) is 0 Å². The van der Waals surface area contributed by atoms with Crippen LogP contribution in [0.25, 0.3) is 11.0 Å². The molecule has 0 unspecified atom stereocenters. The molecule has 1 N–H and O–H groups in total. The van der Waals surface area contributed by atoms with Gasteiger partial charge in [0.15, 0.2) is 5.82 Å². The summed E-state index contributed by atoms with van der Waals surface area (Å²) in [6.07, 6.45) is 6.14. The number of oxazole rings is 1. The van der Waals surface area contributed by atoms with E-state index >= 15 is 0 Å². The second kappa shape index (κ2) is 7.33. The number of para-hydroxylation sites is 2. The Bertz CT molecular complexity index is 1070. The lowest BCUT2D eigenvalue weighted by molar-refractivity contribution is 0.294. The average molecular weight is 372 g/mol. The van der Waals surface area contributed by atoms with Gasteiger partial charge in [-0.05, 0) is 23.6 Å². The van der Waals surface area contributed by atoms with Crippen LogP contribution in [-0.4, -0.2) is 57.3 Å². The maximum atomic E-state index is 5.34. The molecule has 7 nitrogen and oxygen atoms in total. The third-order valence-electron chi connectivity index (χ3n) is 4.98. The Morgan fingerprint density at radius 3 is 3.07 bits per heavy atom. The Morgan fingerprint density at radius 2 is 2.18 bits per heavy atom. The van der Waals surface area contributed by atoms with E-state index in [1.807, 2.05) is 30.6 Å². The molecule has 7 heteroatoms. The fourth-order valence-electron chi connectivity index (χ4n) is 3.60. The normalized spacial score (nSPS) is 16.9. The minimum atomic E-state index is 0.638. The maximum Gasteiger partial charge on any atom is 0.213 e. The first-order valence-electron chi connectivity index (χ1n) is 9.37. The number of rotatable bonds is 3. The van der Waals surface area contributed by atoms with Gasteiger partial charge >= 0.3 is 0 Å². The summed E-state index contributed by atoms with van der Waals surface area (Å²) in [7, 11) is 0. The monoisotopic (exact) mass is 372 g/mol. The number of aliphatic imine (C=N–C) groups is 1. The van der Waals surface area contributed by atoms with Crippen molar-refractivity contribution in [2.75, 3.05) is 26.2 Å². The van der Waals surface area contributed by atoms with Crippen molar-refractivity contribution in [2.24, 2.45) is 4.99 Å². The van der Waals surface area contributed by atoms with E-state index in [0.29, 0.717) is 12.4 Å². The largest absolute Gasteiger partial charge is 0.447 e. The van der Waals surface area contributed by atoms with Crippen molar-refractivity contribution in [1.29, 1.82) is 0 Å². The van der Waals surface area contributed by atoms with Crippen LogP contribution in [0.5, 0.6) is 0 Å². The zero-order chi connectivity index (χ0) is 18.8. The molecule has 2 aliphatic heterocycles. The summed E-state index contributed by atoms with van der Waals surface area (Å²) < 4.78 is 5.34. The second-order valence-corrected chi connectivity index (χ2v) is 6.99. The third-order valence-corrected chi connectivity index (χ3v) is 4.98. The summed E-state index contributed by atoms with van der Waals surface area (Å²) in [5.74, 6) is 7.84. The van der Waals surface area contributed by atoms with Crippen molar-refractivity contribution in [2.45, 2.75) is 13.0 Å². The average Bonchev–Trinajstić information content (AvgIpc) is 3.37. The molecule has 2 aromatic heterocycles. The van der Waals surface area contributed by atoms with Gasteiger partial charge in [-0.25, -0.2) is 15.0 Å². The molecule has 0 bridgehead atoms. The topological polar surface area (TPSA) is 73.6 Å². The van der Waals surface area contributed by atoms with E-state index in [2.05, 4.69) is 41.6 Å². The molecule has 0 fully saturated rings. The molecule has 5 rings (SSSR count). The van der Waals surface area contributed by atoms with Crippen LogP contribution in [0.2, 0.25) is 0 Å². The van der Waals surface area contributed by atoms with Crippen LogP contribution in [0, 0.1) is 11.8 Å². The number of aromatic amines is 1. The molecule has 0 aliphatic carbocycles. The van der Waals surface area contributed by atoms with Gasteiger partial charge in [-0.2, -0.15) is 0 Å². The second-order valence-electron chi connectivity index (χ2n) is 6.99. The molecule has 4 heterocycles. The van der Waals surface area contributed by atoms with Crippen LogP contribution in [0.3, 0.4) is 0 Å². The highest BCUT2D eigenvalue weighted by molar-refractivity contribution is 5.75. The zero-order valence-corrected chi connectivity index (χ0v) is 15.4. The number of nitrogens with zero attached hydrogens (tertiary/aromatic N) is 5. The van der Waals surface area contributed by atoms with Crippen LogP contribution in [0.15, 0.2) is 57.4 Å². The van der Waals surface area contributed by atoms with Gasteiger partial charge in [-0.1, -0.05) is 18.1 Å². The SMILES string of the molecule is C(#Cc1nc2ccccc2[nH]1)CN1CCC2=C(CN(Cc3ncco3)C=N2)C1. The van der Waals surface area contributed by atoms with Gasteiger partial charge in [0.05, 0.1) is 36.7 Å². The fourth-order valence-corrected chi connectivity index (χ4v) is 3.60. The smallest absolute Gasteiger partial charge is 0.213 e. The number of hydrogen-bond donors (Lipinski definition) is 1. The van der Waals surface area contributed by atoms with E-state index in [1.165, 1.54) is 11.3 Å². The summed E-state index contributed by atoms with van der Waals surface area (Å²) >= 11 is 0. The Morgan fingerprint density at radius 1 is 1.21 bits per heavy atom. The van der Waals surface area contributed by atoms with E-state index in [0.717, 1.165) is 49.5 Å². The summed E-state index contributed by atoms with van der Waals surface area (Å²) in [6.45, 7) is 4.08. The lowest BCUT2D eigenvalue weighted by atomic mass is 10.0. The first-order chi connectivity index (χ1) is 13.8. The van der Waals surface area contributed by atoms with Gasteiger partial charge in [0, 0.05) is 31.8 Å². The van der Waals surface area contributed by atoms with Crippen LogP contribution >= 0.6 is 0 Å². The molecule has 0 amide bonds. The number of hydrogen-bond acceptors (Lipinski definition) is 6. The van der Waals surface area contributed by atoms with Gasteiger partial charge in [-0.15, -0.1) is 0 Å². The summed E-state index contributed by atoms with van der Waals surface area (Å²) in [5, 5.41) is 0. The summed E-state index contributed by atoms with van der Waals surface area (Å²) in [4.78, 5) is 21.1. The third kappa shape index (κ3) is 3.55. The molecule has 0 saturated carbocycles. The molecule has 140 valence electrons. The van der Waals surface area contributed by atoms with Crippen molar-refractivity contribution in [3.8, 4) is 11.8 Å². The van der Waals surface area contributed by atoms with Crippen LogP contribution < -0.4 is 0 Å². The highest BCUT2D eigenvalue weighted by Crippen LogP contribution is 2.23. The quantitative estimate of drug-likeness (QED) is 0.715. The number of imidazole rings is 1. The molecule has 3 aromatic rings. The number of benzene rings is 1. The summed E-state index contributed by atoms with van der Waals surface area (Å²) in [6, 6.07) is 7.98. The van der Waals surface area contributed by atoms with Crippen molar-refractivity contribution >= 4 is 17.4 Å². The molecule has 2 aliphatic rings. The van der Waals surface area contributed by atoms with E-state index in [1.54, 1.807) is 12.5 Å². The Balaban J connectivity index is 1.21. The molecule has 0 radical (unpaired) electrons. The van der Waals surface area contributed by atoms with Gasteiger partial charge in [0.2, 0.25) is 5.89 Å². The minimum absolute atomic E-state index is 0.638. The Hall–Kier alpha value is -3.37. The van der Waals surface area contributed by atoms with E-state index < -0.39 is 0 Å². The Kier molecular flexibility index (Phi) is 4.39. The fraction of sp³-hybridized carbons (Fsp3) is 0.286. The molecular formula is C21H20N6O. The number of H-pyrrole nitrogens is 1. The number of fused-ring (bicyclic) bond motifs is 1. The van der Waals surface area contributed by atoms with Crippen LogP contribution in [-0.2, 0) is 6.54 Å². The number of nitrogens with one attached hydrogen (secondary N) is 1. The van der Waals surface area contributed by atoms with Crippen molar-refractivity contribution in [1.82, 2.24) is 24.8 Å². The molecule has 0 spiro atoms. The van der Waals surface area contributed by atoms with Crippen molar-refractivity contribution < 1.29 is 4.42 Å². The molecule has 0 atom stereocenters. The van der Waals surface area contributed by atoms with Gasteiger partial charge in [-0.3, -0.25) is 4.90 Å². The predicted octanol–water partition coefficient (Wildman–Crippen LogP) is 2.41. The maximum absolute atomic E-state index is 5.34. The predicted molar refractivity (Wildman–Crippen MR) is 106 cm³/mol. The van der Waals surface area contributed by atoms with Crippen LogP contribution in [0.4, 0.5) is 0 Å². The van der Waals surface area contributed by atoms with Gasteiger partial charge in [0.1, 0.15) is 6.26 Å². The minimum Gasteiger partial charge on any atom is -0.447 e. The highest BCUT2D eigenvalue weighted by atomic mass is 16.3. The highest BCUT2D eigenvalue weighted by Gasteiger charge is 2.22. The van der Waals surface area contributed by atoms with E-state index in [-0.39, 0.29) is 0 Å². The first-order valence-corrected chi connectivity index (χ1v) is 9.37. The molecule has 1 aromatic carbocycles. The van der Waals surface area contributed by atoms with Crippen molar-refractivity contribution in [3.63, 3.8) is 0 Å². The zero-order valence-electron chi connectivity index (χ0n) is 15.4. The summed E-state index contributed by atoms with van der Waals surface area (Å²) in [5.41, 5.74) is 4.53. The Labute approximate surface area is 162 Å². The number of aromatic nitrogens is 3. The van der Waals surface area contributed by atoms with Crippen LogP contribution in [0.1, 0.15) is 18.1 Å². The standard InChI is InChI=1S/C21H20N6O/c1-2-5-19-18(4-1)24-20(25-19)6-3-9-26-10-7-17-16(12-26)13-27(15-23-17)14-21-22-8-11-28-21/h1-2,4-5,8,11,15H,7,9-10,12-14H2,(H,24,25). The lowest BCUT2D eigenvalue weighted by Crippen LogP contribution is -2.38. The first kappa shape index (κ1) is 16.8. The molecule has 0 saturated heterocycles. The lowest BCUT2D eigenvalue weighted by Gasteiger charge is -2.33. The van der Waals surface area contributed by atoms with Crippen molar-refractivity contribution in [3.05, 3.63) is 59.7 Å². The molecule has 28 heavy (non-hydrogen) atoms.